The lowest BCUT2D eigenvalue weighted by molar-refractivity contribution is 0.482. The van der Waals surface area contributed by atoms with Crippen molar-refractivity contribution >= 4 is 20.9 Å². The fraction of sp³-hybridized carbons (Fsp3) is 0.722. The summed E-state index contributed by atoms with van der Waals surface area (Å²) < 4.78 is 36.4. The van der Waals surface area contributed by atoms with Crippen LogP contribution in [0.25, 0.3) is 10.8 Å². The molecule has 0 unspecified atom stereocenters. The second-order valence-electron chi connectivity index (χ2n) is 12.0. The van der Waals surface area contributed by atoms with Gasteiger partial charge in [0.05, 0.1) is 0 Å². The highest BCUT2D eigenvalue weighted by molar-refractivity contribution is 7.86. The van der Waals surface area contributed by atoms with Gasteiger partial charge in [-0.3, -0.25) is 4.55 Å². The predicted octanol–water partition coefficient (Wildman–Crippen LogP) is 11.6. The monoisotopic (exact) mass is 572 g/mol. The average molecular weight is 573 g/mol. The lowest BCUT2D eigenvalue weighted by atomic mass is 9.86. The zero-order valence-electron chi connectivity index (χ0n) is 26.2. The van der Waals surface area contributed by atoms with E-state index in [1.54, 1.807) is 0 Å². The Balaban J connectivity index is 2.37. The van der Waals surface area contributed by atoms with Crippen LogP contribution in [-0.2, 0) is 29.4 Å². The molecule has 4 heteroatoms. The Morgan fingerprint density at radius 1 is 0.475 bits per heavy atom. The molecule has 0 bridgehead atoms. The molecule has 228 valence electrons. The first-order valence-corrected chi connectivity index (χ1v) is 18.4. The van der Waals surface area contributed by atoms with Crippen LogP contribution in [0.3, 0.4) is 0 Å². The van der Waals surface area contributed by atoms with Crippen molar-refractivity contribution in [2.75, 3.05) is 0 Å². The van der Waals surface area contributed by atoms with Gasteiger partial charge in [0.1, 0.15) is 4.90 Å². The van der Waals surface area contributed by atoms with E-state index >= 15 is 0 Å². The fourth-order valence-corrected chi connectivity index (χ4v) is 7.33. The summed E-state index contributed by atoms with van der Waals surface area (Å²) in [5, 5.41) is 1.75. The van der Waals surface area contributed by atoms with Crippen molar-refractivity contribution in [1.29, 1.82) is 0 Å². The number of hydrogen-bond acceptors (Lipinski definition) is 2. The summed E-state index contributed by atoms with van der Waals surface area (Å²) in [6.07, 6.45) is 27.2. The third kappa shape index (κ3) is 12.2. The normalized spacial score (nSPS) is 12.0. The van der Waals surface area contributed by atoms with Gasteiger partial charge < -0.3 is 0 Å². The average Bonchev–Trinajstić information content (AvgIpc) is 2.93. The predicted molar refractivity (Wildman–Crippen MR) is 174 cm³/mol. The quantitative estimate of drug-likeness (QED) is 0.100. The maximum absolute atomic E-state index is 12.9. The number of unbranched alkanes of at least 4 members (excludes halogenated alkanes) is 17. The third-order valence-electron chi connectivity index (χ3n) is 8.60. The van der Waals surface area contributed by atoms with Crippen LogP contribution in [0.15, 0.2) is 29.2 Å². The fourth-order valence-electron chi connectivity index (χ4n) is 6.33. The molecule has 0 heterocycles. The first-order chi connectivity index (χ1) is 19.5. The molecule has 1 N–H and O–H groups in total. The van der Waals surface area contributed by atoms with Crippen LogP contribution in [-0.4, -0.2) is 13.0 Å². The van der Waals surface area contributed by atoms with E-state index < -0.39 is 10.1 Å². The Labute approximate surface area is 247 Å². The molecular formula is C36H60O3S. The van der Waals surface area contributed by atoms with Crippen LogP contribution in [0.5, 0.6) is 0 Å². The smallest absolute Gasteiger partial charge is 0.282 e. The van der Waals surface area contributed by atoms with Gasteiger partial charge >= 0.3 is 0 Å². The van der Waals surface area contributed by atoms with E-state index in [1.807, 2.05) is 18.2 Å². The van der Waals surface area contributed by atoms with Crippen molar-refractivity contribution in [2.24, 2.45) is 0 Å². The maximum Gasteiger partial charge on any atom is 0.295 e. The molecule has 0 saturated carbocycles. The topological polar surface area (TPSA) is 54.4 Å². The van der Waals surface area contributed by atoms with Gasteiger partial charge in [-0.2, -0.15) is 8.42 Å². The number of fused-ring (bicyclic) bond motifs is 1. The summed E-state index contributed by atoms with van der Waals surface area (Å²) in [5.74, 6) is 0. The highest BCUT2D eigenvalue weighted by atomic mass is 32.2. The number of rotatable bonds is 24. The van der Waals surface area contributed by atoms with Gasteiger partial charge in [-0.05, 0) is 60.6 Å². The van der Waals surface area contributed by atoms with E-state index in [-0.39, 0.29) is 4.90 Å². The summed E-state index contributed by atoms with van der Waals surface area (Å²) >= 11 is 0. The molecule has 3 nitrogen and oxygen atoms in total. The minimum atomic E-state index is -4.34. The molecule has 0 aliphatic rings. The lowest BCUT2D eigenvalue weighted by Gasteiger charge is -2.22. The van der Waals surface area contributed by atoms with Crippen molar-refractivity contribution in [3.63, 3.8) is 0 Å². The zero-order valence-corrected chi connectivity index (χ0v) is 27.1. The van der Waals surface area contributed by atoms with Crippen molar-refractivity contribution in [3.8, 4) is 0 Å². The van der Waals surface area contributed by atoms with E-state index in [0.717, 1.165) is 55.9 Å². The second-order valence-corrected chi connectivity index (χ2v) is 13.4. The Kier molecular flexibility index (Phi) is 17.8. The van der Waals surface area contributed by atoms with Gasteiger partial charge in [0.2, 0.25) is 0 Å². The van der Waals surface area contributed by atoms with Crippen LogP contribution in [0.2, 0.25) is 0 Å². The Morgan fingerprint density at radius 2 is 0.825 bits per heavy atom. The number of hydrogen-bond donors (Lipinski definition) is 1. The molecule has 0 fully saturated rings. The summed E-state index contributed by atoms with van der Waals surface area (Å²) in [6, 6.07) is 7.94. The van der Waals surface area contributed by atoms with Crippen molar-refractivity contribution in [1.82, 2.24) is 0 Å². The molecule has 2 aromatic carbocycles. The highest BCUT2D eigenvalue weighted by Gasteiger charge is 2.25. The molecule has 0 atom stereocenters. The second kappa shape index (κ2) is 20.5. The Hall–Kier alpha value is -1.39. The number of benzene rings is 2. The summed E-state index contributed by atoms with van der Waals surface area (Å²) in [7, 11) is -4.34. The van der Waals surface area contributed by atoms with E-state index in [1.165, 1.54) is 114 Å². The molecule has 0 radical (unpaired) electrons. The minimum Gasteiger partial charge on any atom is -0.282 e. The van der Waals surface area contributed by atoms with Crippen LogP contribution in [0.4, 0.5) is 0 Å². The molecule has 0 aliphatic heterocycles. The van der Waals surface area contributed by atoms with Crippen molar-refractivity contribution in [3.05, 3.63) is 41.0 Å². The van der Waals surface area contributed by atoms with E-state index in [2.05, 4.69) is 26.8 Å². The zero-order chi connectivity index (χ0) is 29.1. The maximum atomic E-state index is 12.9. The van der Waals surface area contributed by atoms with Crippen LogP contribution < -0.4 is 0 Å². The lowest BCUT2D eigenvalue weighted by Crippen LogP contribution is -2.12. The third-order valence-corrected chi connectivity index (χ3v) is 9.58. The number of aryl methyl sites for hydroxylation is 1. The molecule has 0 amide bonds. The molecule has 0 saturated heterocycles. The van der Waals surface area contributed by atoms with E-state index in [9.17, 15) is 13.0 Å². The van der Waals surface area contributed by atoms with Crippen LogP contribution in [0, 0.1) is 0 Å². The van der Waals surface area contributed by atoms with Crippen LogP contribution >= 0.6 is 0 Å². The summed E-state index contributed by atoms with van der Waals surface area (Å²) in [5.41, 5.74) is 3.50. The van der Waals surface area contributed by atoms with Gasteiger partial charge in [-0.15, -0.1) is 0 Å². The molecule has 0 spiro atoms. The standard InChI is InChI=1S/C36H60O3S/c1-4-7-10-13-16-19-22-27-32-31(26-21-18-15-12-9-6-3)33-28-24-25-30-35(33)36(40(37,38)39)34(32)29-23-20-17-14-11-8-5-2/h24-25,28,30H,4-23,26-27,29H2,1-3H3,(H,37,38,39). The van der Waals surface area contributed by atoms with Gasteiger partial charge in [0.15, 0.2) is 0 Å². The molecule has 0 aromatic heterocycles. The van der Waals surface area contributed by atoms with Crippen molar-refractivity contribution < 1.29 is 13.0 Å². The van der Waals surface area contributed by atoms with Crippen LogP contribution in [0.1, 0.15) is 166 Å². The Morgan fingerprint density at radius 3 is 1.25 bits per heavy atom. The van der Waals surface area contributed by atoms with E-state index in [4.69, 9.17) is 0 Å². The van der Waals surface area contributed by atoms with E-state index in [0.29, 0.717) is 5.39 Å². The molecule has 2 aromatic rings. The van der Waals surface area contributed by atoms with Gasteiger partial charge in [-0.25, -0.2) is 0 Å². The van der Waals surface area contributed by atoms with Gasteiger partial charge in [0.25, 0.3) is 10.1 Å². The first-order valence-electron chi connectivity index (χ1n) is 17.0. The molecule has 40 heavy (non-hydrogen) atoms. The van der Waals surface area contributed by atoms with Gasteiger partial charge in [-0.1, -0.05) is 154 Å². The highest BCUT2D eigenvalue weighted by Crippen LogP contribution is 2.37. The molecular weight excluding hydrogens is 512 g/mol. The van der Waals surface area contributed by atoms with Crippen molar-refractivity contribution in [2.45, 2.75) is 173 Å². The minimum absolute atomic E-state index is 0.193. The Bertz CT molecular complexity index is 1060. The van der Waals surface area contributed by atoms with Gasteiger partial charge in [0, 0.05) is 5.39 Å². The largest absolute Gasteiger partial charge is 0.295 e. The SMILES string of the molecule is CCCCCCCCCc1c(CCCCCCCCC)c(S(=O)(=O)O)c2ccccc2c1CCCCCCCC. The molecule has 2 rings (SSSR count). The summed E-state index contributed by atoms with van der Waals surface area (Å²) in [4.78, 5) is 0.193. The molecule has 0 aliphatic carbocycles. The summed E-state index contributed by atoms with van der Waals surface area (Å²) in [6.45, 7) is 6.75. The first kappa shape index (κ1) is 34.8.